The molecule has 4 rings (SSSR count). The van der Waals surface area contributed by atoms with E-state index in [1.165, 1.54) is 22.3 Å². The number of amides is 1. The number of rotatable bonds is 2. The zero-order valence-corrected chi connectivity index (χ0v) is 17.6. The van der Waals surface area contributed by atoms with Gasteiger partial charge in [0, 0.05) is 44.1 Å². The third-order valence-electron chi connectivity index (χ3n) is 6.49. The predicted octanol–water partition coefficient (Wildman–Crippen LogP) is 2.96. The molecule has 0 radical (unpaired) electrons. The maximum absolute atomic E-state index is 13.0. The number of alkyl halides is 1. The van der Waals surface area contributed by atoms with Crippen molar-refractivity contribution in [2.75, 3.05) is 26.3 Å². The van der Waals surface area contributed by atoms with Gasteiger partial charge in [0.25, 0.3) is 0 Å². The predicted molar refractivity (Wildman–Crippen MR) is 111 cm³/mol. The van der Waals surface area contributed by atoms with Gasteiger partial charge < -0.3 is 10.6 Å². The molecule has 152 valence electrons. The molecule has 2 N–H and O–H groups in total. The molecule has 0 bridgehead atoms. The molecule has 0 saturated carbocycles. The highest BCUT2D eigenvalue weighted by atomic mass is 35.5. The summed E-state index contributed by atoms with van der Waals surface area (Å²) in [5.74, 6) is -0.0736. The van der Waals surface area contributed by atoms with Crippen LogP contribution in [-0.4, -0.2) is 54.1 Å². The minimum absolute atomic E-state index is 0. The molecule has 4 nitrogen and oxygen atoms in total. The number of benzene rings is 1. The maximum Gasteiger partial charge on any atom is 0.223 e. The average molecular weight is 418 g/mol. The monoisotopic (exact) mass is 417 g/mol. The number of carbonyl (C=O) groups is 1. The van der Waals surface area contributed by atoms with E-state index in [-0.39, 0.29) is 48.7 Å². The van der Waals surface area contributed by atoms with Crippen LogP contribution in [0.2, 0.25) is 0 Å². The average Bonchev–Trinajstić information content (AvgIpc) is 2.96. The Kier molecular flexibility index (Phi) is 7.17. The topological polar surface area (TPSA) is 49.6 Å². The number of nitrogens with two attached hydrogens (primary N) is 1. The first-order valence-corrected chi connectivity index (χ1v) is 9.43. The van der Waals surface area contributed by atoms with E-state index in [1.807, 2.05) is 4.90 Å². The van der Waals surface area contributed by atoms with Gasteiger partial charge >= 0.3 is 0 Å². The summed E-state index contributed by atoms with van der Waals surface area (Å²) >= 11 is 0. The van der Waals surface area contributed by atoms with Gasteiger partial charge in [0.15, 0.2) is 0 Å². The van der Waals surface area contributed by atoms with Gasteiger partial charge in [0.1, 0.15) is 0 Å². The fourth-order valence-electron chi connectivity index (χ4n) is 4.89. The Morgan fingerprint density at radius 1 is 1.19 bits per heavy atom. The standard InChI is InChI=1S/C20H28FN3O.2ClH/c1-12-5-15-3-4-23-11-19(24-10-14(9-21)7-20(24)25)17(22)8-18(23)16(15)6-13(12)2;;/h5-6,14,17-19H,3-4,7-11,22H2,1-2H3;2*1H/t14-,17+,18+,19+;;/m1../s1. The molecule has 0 spiro atoms. The molecule has 0 aliphatic carbocycles. The molecular weight excluding hydrogens is 388 g/mol. The molecule has 3 aliphatic heterocycles. The number of piperidine rings is 1. The van der Waals surface area contributed by atoms with Crippen LogP contribution in [0.25, 0.3) is 0 Å². The third kappa shape index (κ3) is 3.98. The van der Waals surface area contributed by atoms with Gasteiger partial charge in [-0.05, 0) is 48.9 Å². The number of likely N-dealkylation sites (tertiary alicyclic amines) is 1. The highest BCUT2D eigenvalue weighted by Gasteiger charge is 2.43. The summed E-state index contributed by atoms with van der Waals surface area (Å²) in [6.07, 6.45) is 2.25. The van der Waals surface area contributed by atoms with E-state index >= 15 is 0 Å². The van der Waals surface area contributed by atoms with Crippen molar-refractivity contribution in [1.29, 1.82) is 0 Å². The summed E-state index contributed by atoms with van der Waals surface area (Å²) in [6, 6.07) is 4.98. The van der Waals surface area contributed by atoms with Crippen molar-refractivity contribution in [3.05, 3.63) is 34.4 Å². The zero-order valence-electron chi connectivity index (χ0n) is 16.0. The first-order chi connectivity index (χ1) is 12.0. The van der Waals surface area contributed by atoms with Crippen LogP contribution < -0.4 is 5.73 Å². The Balaban J connectivity index is 0.00000131. The number of hydrogen-bond acceptors (Lipinski definition) is 3. The fourth-order valence-corrected chi connectivity index (χ4v) is 4.89. The lowest BCUT2D eigenvalue weighted by atomic mass is 9.81. The van der Waals surface area contributed by atoms with E-state index in [9.17, 15) is 9.18 Å². The van der Waals surface area contributed by atoms with Gasteiger partial charge in [-0.1, -0.05) is 12.1 Å². The molecule has 27 heavy (non-hydrogen) atoms. The third-order valence-corrected chi connectivity index (χ3v) is 6.49. The van der Waals surface area contributed by atoms with Crippen LogP contribution in [0.5, 0.6) is 0 Å². The number of carbonyl (C=O) groups excluding carboxylic acids is 1. The van der Waals surface area contributed by atoms with Crippen molar-refractivity contribution in [1.82, 2.24) is 9.80 Å². The summed E-state index contributed by atoms with van der Waals surface area (Å²) in [5.41, 5.74) is 12.1. The van der Waals surface area contributed by atoms with Crippen molar-refractivity contribution >= 4 is 30.7 Å². The number of halogens is 3. The summed E-state index contributed by atoms with van der Waals surface area (Å²) in [4.78, 5) is 16.7. The number of hydrogen-bond donors (Lipinski definition) is 1. The van der Waals surface area contributed by atoms with Gasteiger partial charge in [-0.2, -0.15) is 0 Å². The molecule has 1 aromatic rings. The van der Waals surface area contributed by atoms with Crippen molar-refractivity contribution in [2.24, 2.45) is 11.7 Å². The lowest BCUT2D eigenvalue weighted by Gasteiger charge is -2.48. The lowest BCUT2D eigenvalue weighted by molar-refractivity contribution is -0.131. The molecule has 2 saturated heterocycles. The molecular formula is C20H30Cl2FN3O. The summed E-state index contributed by atoms with van der Waals surface area (Å²) in [7, 11) is 0. The molecule has 4 atom stereocenters. The van der Waals surface area contributed by atoms with Crippen molar-refractivity contribution in [3.8, 4) is 0 Å². The minimum atomic E-state index is -0.414. The van der Waals surface area contributed by atoms with E-state index < -0.39 is 6.67 Å². The Hall–Kier alpha value is -0.880. The van der Waals surface area contributed by atoms with Crippen molar-refractivity contribution < 1.29 is 9.18 Å². The molecule has 7 heteroatoms. The molecule has 0 aromatic heterocycles. The first-order valence-electron chi connectivity index (χ1n) is 9.43. The number of nitrogens with zero attached hydrogens (tertiary/aromatic N) is 2. The summed E-state index contributed by atoms with van der Waals surface area (Å²) in [5, 5.41) is 0. The largest absolute Gasteiger partial charge is 0.336 e. The SMILES string of the molecule is Cc1cc2c(cc1C)[C@@H]1C[C@H](N)[C@@H](N3C[C@@H](CF)CC3=O)CN1CC2.Cl.Cl. The Morgan fingerprint density at radius 2 is 1.89 bits per heavy atom. The van der Waals surface area contributed by atoms with Gasteiger partial charge in [-0.3, -0.25) is 14.1 Å². The fraction of sp³-hybridized carbons (Fsp3) is 0.650. The lowest BCUT2D eigenvalue weighted by Crippen LogP contribution is -2.60. The van der Waals surface area contributed by atoms with E-state index in [1.54, 1.807) is 0 Å². The quantitative estimate of drug-likeness (QED) is 0.804. The van der Waals surface area contributed by atoms with Crippen LogP contribution in [0.15, 0.2) is 12.1 Å². The molecule has 0 unspecified atom stereocenters. The van der Waals surface area contributed by atoms with E-state index in [2.05, 4.69) is 30.9 Å². The molecule has 3 aliphatic rings. The smallest absolute Gasteiger partial charge is 0.223 e. The Morgan fingerprint density at radius 3 is 2.56 bits per heavy atom. The molecule has 1 amide bonds. The highest BCUT2D eigenvalue weighted by molar-refractivity contribution is 5.85. The second-order valence-corrected chi connectivity index (χ2v) is 8.13. The number of fused-ring (bicyclic) bond motifs is 3. The Labute approximate surface area is 173 Å². The van der Waals surface area contributed by atoms with Crippen LogP contribution in [-0.2, 0) is 11.2 Å². The van der Waals surface area contributed by atoms with Crippen LogP contribution in [0.1, 0.15) is 41.1 Å². The van der Waals surface area contributed by atoms with Crippen LogP contribution in [0, 0.1) is 19.8 Å². The second kappa shape index (κ2) is 8.64. The maximum atomic E-state index is 13.0. The second-order valence-electron chi connectivity index (χ2n) is 8.13. The van der Waals surface area contributed by atoms with Gasteiger partial charge in [0.2, 0.25) is 5.91 Å². The Bertz CT molecular complexity index is 702. The summed E-state index contributed by atoms with van der Waals surface area (Å²) in [6.45, 7) is 6.27. The van der Waals surface area contributed by atoms with Crippen molar-refractivity contribution in [3.63, 3.8) is 0 Å². The summed E-state index contributed by atoms with van der Waals surface area (Å²) < 4.78 is 13.0. The normalized spacial score (nSPS) is 30.2. The number of aryl methyl sites for hydroxylation is 2. The highest BCUT2D eigenvalue weighted by Crippen LogP contribution is 2.39. The van der Waals surface area contributed by atoms with Gasteiger partial charge in [0.05, 0.1) is 12.7 Å². The molecule has 3 heterocycles. The van der Waals surface area contributed by atoms with Gasteiger partial charge in [-0.15, -0.1) is 24.8 Å². The van der Waals surface area contributed by atoms with Gasteiger partial charge in [-0.25, -0.2) is 0 Å². The zero-order chi connectivity index (χ0) is 17.7. The van der Waals surface area contributed by atoms with E-state index in [0.717, 1.165) is 25.9 Å². The first kappa shape index (κ1) is 22.4. The molecule has 1 aromatic carbocycles. The van der Waals surface area contributed by atoms with Crippen molar-refractivity contribution in [2.45, 2.75) is 51.2 Å². The molecule has 2 fully saturated rings. The van der Waals surface area contributed by atoms with Crippen LogP contribution >= 0.6 is 24.8 Å². The van der Waals surface area contributed by atoms with Crippen LogP contribution in [0.4, 0.5) is 4.39 Å². The van der Waals surface area contributed by atoms with Crippen LogP contribution in [0.3, 0.4) is 0 Å². The minimum Gasteiger partial charge on any atom is -0.336 e. The van der Waals surface area contributed by atoms with E-state index in [0.29, 0.717) is 19.0 Å². The van der Waals surface area contributed by atoms with E-state index in [4.69, 9.17) is 5.73 Å².